The number of rotatable bonds is 11. The first-order chi connectivity index (χ1) is 15.6. The highest BCUT2D eigenvalue weighted by atomic mass is 16.4. The minimum absolute atomic E-state index is 0.0234. The monoisotopic (exact) mass is 464 g/mol. The van der Waals surface area contributed by atoms with Gasteiger partial charge in [0.05, 0.1) is 12.4 Å². The van der Waals surface area contributed by atoms with Crippen molar-refractivity contribution < 1.29 is 24.3 Å². The fourth-order valence-corrected chi connectivity index (χ4v) is 3.85. The second-order valence-corrected chi connectivity index (χ2v) is 9.01. The fraction of sp³-hybridized carbons (Fsp3) is 0.682. The highest BCUT2D eigenvalue weighted by Crippen LogP contribution is 2.21. The van der Waals surface area contributed by atoms with Crippen molar-refractivity contribution in [1.82, 2.24) is 25.5 Å². The highest BCUT2D eigenvalue weighted by Gasteiger charge is 2.39. The lowest BCUT2D eigenvalue weighted by molar-refractivity contribution is -0.144. The largest absolute Gasteiger partial charge is 0.480 e. The van der Waals surface area contributed by atoms with Crippen molar-refractivity contribution in [3.05, 3.63) is 18.2 Å². The predicted octanol–water partition coefficient (Wildman–Crippen LogP) is 0.0268. The molecular formula is C22H36N6O5. The molecule has 1 saturated heterocycles. The van der Waals surface area contributed by atoms with Crippen LogP contribution in [0.5, 0.6) is 0 Å². The van der Waals surface area contributed by atoms with Crippen LogP contribution in [0.2, 0.25) is 0 Å². The zero-order valence-corrected chi connectivity index (χ0v) is 19.7. The molecule has 3 amide bonds. The van der Waals surface area contributed by atoms with E-state index in [1.807, 2.05) is 13.8 Å². The topological polar surface area (TPSA) is 171 Å². The van der Waals surface area contributed by atoms with E-state index in [1.165, 1.54) is 17.4 Å². The third-order valence-corrected chi connectivity index (χ3v) is 6.22. The molecule has 1 fully saturated rings. The minimum Gasteiger partial charge on any atom is -0.480 e. The van der Waals surface area contributed by atoms with Crippen molar-refractivity contribution in [2.24, 2.45) is 17.6 Å². The van der Waals surface area contributed by atoms with Crippen LogP contribution in [0.15, 0.2) is 12.5 Å². The Balaban J connectivity index is 2.17. The second kappa shape index (κ2) is 11.8. The van der Waals surface area contributed by atoms with Crippen molar-refractivity contribution in [2.75, 3.05) is 6.54 Å². The molecule has 0 radical (unpaired) electrons. The van der Waals surface area contributed by atoms with Crippen molar-refractivity contribution in [3.63, 3.8) is 0 Å². The number of carbonyl (C=O) groups excluding carboxylic acids is 3. The third-order valence-electron chi connectivity index (χ3n) is 6.22. The van der Waals surface area contributed by atoms with E-state index in [0.29, 0.717) is 25.1 Å². The van der Waals surface area contributed by atoms with E-state index in [4.69, 9.17) is 5.73 Å². The molecule has 1 aromatic rings. The summed E-state index contributed by atoms with van der Waals surface area (Å²) in [7, 11) is 0. The lowest BCUT2D eigenvalue weighted by Gasteiger charge is -2.30. The molecule has 33 heavy (non-hydrogen) atoms. The van der Waals surface area contributed by atoms with Crippen molar-refractivity contribution >= 4 is 23.7 Å². The summed E-state index contributed by atoms with van der Waals surface area (Å²) in [5.74, 6) is -2.89. The van der Waals surface area contributed by atoms with Gasteiger partial charge >= 0.3 is 5.97 Å². The summed E-state index contributed by atoms with van der Waals surface area (Å²) in [5.41, 5.74) is 6.71. The lowest BCUT2D eigenvalue weighted by Crippen LogP contribution is -2.58. The normalized spacial score (nSPS) is 19.6. The van der Waals surface area contributed by atoms with Crippen molar-refractivity contribution in [2.45, 2.75) is 77.5 Å². The number of nitrogens with two attached hydrogens (primary N) is 1. The zero-order valence-electron chi connectivity index (χ0n) is 19.7. The molecule has 0 aliphatic carbocycles. The van der Waals surface area contributed by atoms with Crippen LogP contribution in [-0.2, 0) is 25.6 Å². The Morgan fingerprint density at radius 2 is 1.97 bits per heavy atom. The summed E-state index contributed by atoms with van der Waals surface area (Å²) in [6.07, 6.45) is 4.93. The molecule has 2 rings (SSSR count). The highest BCUT2D eigenvalue weighted by molar-refractivity contribution is 5.94. The molecular weight excluding hydrogens is 428 g/mol. The average molecular weight is 465 g/mol. The lowest BCUT2D eigenvalue weighted by atomic mass is 9.98. The Morgan fingerprint density at radius 3 is 2.52 bits per heavy atom. The maximum Gasteiger partial charge on any atom is 0.326 e. The van der Waals surface area contributed by atoms with Crippen LogP contribution in [0, 0.1) is 11.8 Å². The number of likely N-dealkylation sites (tertiary alicyclic amines) is 1. The molecule has 1 aromatic heterocycles. The summed E-state index contributed by atoms with van der Waals surface area (Å²) >= 11 is 0. The minimum atomic E-state index is -1.16. The van der Waals surface area contributed by atoms with Gasteiger partial charge in [-0.3, -0.25) is 14.4 Å². The SMILES string of the molecule is CCC(C)C(N)C(=O)N1CCCC1C(=O)NC(Cc1cnc[nH]1)C(=O)NC(C(=O)O)C(C)C. The van der Waals surface area contributed by atoms with Crippen molar-refractivity contribution in [1.29, 1.82) is 0 Å². The molecule has 5 unspecified atom stereocenters. The van der Waals surface area contributed by atoms with E-state index in [0.717, 1.165) is 6.42 Å². The van der Waals surface area contributed by atoms with Crippen LogP contribution in [0.25, 0.3) is 0 Å². The number of carbonyl (C=O) groups is 4. The number of imidazole rings is 1. The number of aromatic amines is 1. The van der Waals surface area contributed by atoms with Gasteiger partial charge in [0.15, 0.2) is 0 Å². The third kappa shape index (κ3) is 6.77. The van der Waals surface area contributed by atoms with E-state index in [9.17, 15) is 24.3 Å². The Labute approximate surface area is 193 Å². The average Bonchev–Trinajstić information content (AvgIpc) is 3.46. The van der Waals surface area contributed by atoms with E-state index >= 15 is 0 Å². The quantitative estimate of drug-likeness (QED) is 0.307. The molecule has 184 valence electrons. The number of aliphatic carboxylic acids is 1. The first kappa shape index (κ1) is 26.3. The van der Waals surface area contributed by atoms with Crippen LogP contribution in [0.4, 0.5) is 0 Å². The number of aromatic nitrogens is 2. The molecule has 1 aliphatic rings. The van der Waals surface area contributed by atoms with Crippen LogP contribution >= 0.6 is 0 Å². The van der Waals surface area contributed by atoms with Gasteiger partial charge in [-0.15, -0.1) is 0 Å². The van der Waals surface area contributed by atoms with Crippen LogP contribution < -0.4 is 16.4 Å². The van der Waals surface area contributed by atoms with Gasteiger partial charge in [0.1, 0.15) is 18.1 Å². The van der Waals surface area contributed by atoms with Gasteiger partial charge in [-0.05, 0) is 24.7 Å². The molecule has 5 atom stereocenters. The summed E-state index contributed by atoms with van der Waals surface area (Å²) in [6, 6.07) is -3.57. The van der Waals surface area contributed by atoms with Crippen LogP contribution in [0.3, 0.4) is 0 Å². The van der Waals surface area contributed by atoms with Gasteiger partial charge in [0, 0.05) is 24.9 Å². The van der Waals surface area contributed by atoms with Crippen molar-refractivity contribution in [3.8, 4) is 0 Å². The summed E-state index contributed by atoms with van der Waals surface area (Å²) in [5, 5.41) is 14.7. The smallest absolute Gasteiger partial charge is 0.326 e. The Morgan fingerprint density at radius 1 is 1.27 bits per heavy atom. The van der Waals surface area contributed by atoms with Gasteiger partial charge in [-0.1, -0.05) is 34.1 Å². The van der Waals surface area contributed by atoms with Gasteiger partial charge in [-0.2, -0.15) is 0 Å². The molecule has 0 aromatic carbocycles. The number of H-pyrrole nitrogens is 1. The number of nitrogens with zero attached hydrogens (tertiary/aromatic N) is 2. The second-order valence-electron chi connectivity index (χ2n) is 9.01. The van der Waals surface area contributed by atoms with E-state index < -0.39 is 42.0 Å². The number of nitrogens with one attached hydrogen (secondary N) is 3. The molecule has 2 heterocycles. The first-order valence-corrected chi connectivity index (χ1v) is 11.4. The fourth-order valence-electron chi connectivity index (χ4n) is 3.85. The summed E-state index contributed by atoms with van der Waals surface area (Å²) in [6.45, 7) is 7.64. The molecule has 6 N–H and O–H groups in total. The Kier molecular flexibility index (Phi) is 9.39. The number of carboxylic acid groups (broad SMARTS) is 1. The molecule has 11 heteroatoms. The maximum atomic E-state index is 13.2. The molecule has 0 bridgehead atoms. The summed E-state index contributed by atoms with van der Waals surface area (Å²) in [4.78, 5) is 58.9. The number of carboxylic acids is 1. The van der Waals surface area contributed by atoms with Gasteiger partial charge in [0.2, 0.25) is 17.7 Å². The van der Waals surface area contributed by atoms with Crippen LogP contribution in [0.1, 0.15) is 52.7 Å². The molecule has 0 saturated carbocycles. The van der Waals surface area contributed by atoms with Gasteiger partial charge < -0.3 is 31.4 Å². The molecule has 11 nitrogen and oxygen atoms in total. The summed E-state index contributed by atoms with van der Waals surface area (Å²) < 4.78 is 0. The zero-order chi connectivity index (χ0) is 24.7. The molecule has 1 aliphatic heterocycles. The van der Waals surface area contributed by atoms with Gasteiger partial charge in [-0.25, -0.2) is 9.78 Å². The van der Waals surface area contributed by atoms with Gasteiger partial charge in [0.25, 0.3) is 0 Å². The molecule has 0 spiro atoms. The van der Waals surface area contributed by atoms with E-state index in [-0.39, 0.29) is 24.2 Å². The number of amides is 3. The van der Waals surface area contributed by atoms with Crippen LogP contribution in [-0.4, -0.2) is 74.4 Å². The predicted molar refractivity (Wildman–Crippen MR) is 121 cm³/mol. The maximum absolute atomic E-state index is 13.2. The standard InChI is InChI=1S/C22H36N6O5/c1-5-13(4)17(23)21(31)28-8-6-7-16(28)20(30)26-15(9-14-10-24-11-25-14)19(29)27-18(12(2)3)22(32)33/h10-13,15-18H,5-9,23H2,1-4H3,(H,24,25)(H,26,30)(H,27,29)(H,32,33). The van der Waals surface area contributed by atoms with E-state index in [2.05, 4.69) is 20.6 Å². The Bertz CT molecular complexity index is 827. The number of hydrogen-bond donors (Lipinski definition) is 5. The first-order valence-electron chi connectivity index (χ1n) is 11.4. The number of hydrogen-bond acceptors (Lipinski definition) is 6. The van der Waals surface area contributed by atoms with E-state index in [1.54, 1.807) is 13.8 Å². The Hall–Kier alpha value is -2.95.